The topological polar surface area (TPSA) is 117 Å². The molecule has 5 rings (SSSR count). The van der Waals surface area contributed by atoms with Crippen molar-refractivity contribution < 1.29 is 29.0 Å². The lowest BCUT2D eigenvalue weighted by molar-refractivity contribution is -0.150. The van der Waals surface area contributed by atoms with E-state index in [0.717, 1.165) is 5.56 Å². The maximum Gasteiger partial charge on any atom is 0.250 e. The predicted molar refractivity (Wildman–Crippen MR) is 149 cm³/mol. The number of aliphatic hydroxyl groups excluding tert-OH is 1. The van der Waals surface area contributed by atoms with E-state index in [1.807, 2.05) is 58.0 Å². The number of likely N-dealkylation sites (tertiary alicyclic amines) is 1. The van der Waals surface area contributed by atoms with E-state index in [4.69, 9.17) is 9.47 Å². The number of hydrogen-bond acceptors (Lipinski definition) is 6. The Bertz CT molecular complexity index is 1270. The normalized spacial score (nSPS) is 31.3. The minimum atomic E-state index is -1.20. The lowest BCUT2D eigenvalue weighted by atomic mass is 9.62. The van der Waals surface area contributed by atoms with Gasteiger partial charge in [0, 0.05) is 12.2 Å². The van der Waals surface area contributed by atoms with Crippen LogP contribution in [0.2, 0.25) is 0 Å². The van der Waals surface area contributed by atoms with Crippen LogP contribution in [0.5, 0.6) is 5.75 Å². The molecule has 2 aromatic carbocycles. The summed E-state index contributed by atoms with van der Waals surface area (Å²) in [6.45, 7) is 7.73. The molecule has 0 aliphatic carbocycles. The Morgan fingerprint density at radius 2 is 1.80 bits per heavy atom. The van der Waals surface area contributed by atoms with Crippen molar-refractivity contribution in [1.29, 1.82) is 0 Å². The number of aliphatic hydroxyl groups is 1. The van der Waals surface area contributed by atoms with Gasteiger partial charge in [-0.1, -0.05) is 51.1 Å². The van der Waals surface area contributed by atoms with Crippen LogP contribution >= 0.6 is 0 Å². The minimum Gasteiger partial charge on any atom is -0.497 e. The monoisotopic (exact) mass is 549 g/mol. The second-order valence-electron chi connectivity index (χ2n) is 11.9. The molecule has 3 aliphatic rings. The maximum absolute atomic E-state index is 14.3. The lowest BCUT2D eigenvalue weighted by Crippen LogP contribution is -2.57. The van der Waals surface area contributed by atoms with Gasteiger partial charge in [-0.05, 0) is 55.0 Å². The van der Waals surface area contributed by atoms with E-state index >= 15 is 0 Å². The fraction of sp³-hybridized carbons (Fsp3) is 0.516. The third-order valence-electron chi connectivity index (χ3n) is 9.26. The van der Waals surface area contributed by atoms with E-state index in [0.29, 0.717) is 24.4 Å². The van der Waals surface area contributed by atoms with Crippen molar-refractivity contribution in [2.45, 2.75) is 63.9 Å². The molecular weight excluding hydrogens is 510 g/mol. The number of rotatable bonds is 9. The average Bonchev–Trinajstić information content (AvgIpc) is 3.45. The Kier molecular flexibility index (Phi) is 7.39. The van der Waals surface area contributed by atoms with Gasteiger partial charge in [0.05, 0.1) is 37.2 Å². The molecular formula is C31H39N3O6. The molecule has 3 fully saturated rings. The minimum absolute atomic E-state index is 0.0770. The van der Waals surface area contributed by atoms with Gasteiger partial charge in [-0.25, -0.2) is 0 Å². The summed E-state index contributed by atoms with van der Waals surface area (Å²) < 4.78 is 12.0. The van der Waals surface area contributed by atoms with Gasteiger partial charge < -0.3 is 30.1 Å². The van der Waals surface area contributed by atoms with Crippen molar-refractivity contribution in [1.82, 2.24) is 10.2 Å². The highest BCUT2D eigenvalue weighted by atomic mass is 16.5. The molecule has 3 aliphatic heterocycles. The molecule has 1 spiro atoms. The summed E-state index contributed by atoms with van der Waals surface area (Å²) >= 11 is 0. The third kappa shape index (κ3) is 4.36. The first-order valence-corrected chi connectivity index (χ1v) is 14.0. The molecule has 7 atom stereocenters. The highest BCUT2D eigenvalue weighted by molar-refractivity contribution is 6.04. The van der Waals surface area contributed by atoms with Crippen LogP contribution in [0.15, 0.2) is 54.6 Å². The van der Waals surface area contributed by atoms with Crippen LogP contribution in [-0.4, -0.2) is 64.7 Å². The van der Waals surface area contributed by atoms with E-state index < -0.39 is 41.0 Å². The van der Waals surface area contributed by atoms with Crippen LogP contribution < -0.4 is 15.4 Å². The van der Waals surface area contributed by atoms with Crippen molar-refractivity contribution in [3.63, 3.8) is 0 Å². The first-order valence-electron chi connectivity index (χ1n) is 14.0. The summed E-state index contributed by atoms with van der Waals surface area (Å²) in [5.41, 5.74) is -0.617. The molecule has 3 N–H and O–H groups in total. The summed E-state index contributed by atoms with van der Waals surface area (Å²) in [5, 5.41) is 16.4. The Morgan fingerprint density at radius 1 is 1.12 bits per heavy atom. The van der Waals surface area contributed by atoms with Gasteiger partial charge in [-0.15, -0.1) is 0 Å². The molecule has 2 aromatic rings. The van der Waals surface area contributed by atoms with E-state index in [-0.39, 0.29) is 30.3 Å². The fourth-order valence-electron chi connectivity index (χ4n) is 7.13. The second-order valence-corrected chi connectivity index (χ2v) is 11.9. The summed E-state index contributed by atoms with van der Waals surface area (Å²) in [5.74, 6) is -2.16. The summed E-state index contributed by atoms with van der Waals surface area (Å²) in [4.78, 5) is 43.7. The quantitative estimate of drug-likeness (QED) is 0.443. The molecule has 9 nitrogen and oxygen atoms in total. The van der Waals surface area contributed by atoms with Crippen molar-refractivity contribution in [2.75, 3.05) is 19.0 Å². The molecule has 9 heteroatoms. The maximum atomic E-state index is 14.3. The molecule has 0 radical (unpaired) electrons. The standard InChI is InChI=1S/C31H39N3O6/c1-18(2)23(17-35)34-26(28(37)33-21-11-13-22(39-5)14-12-21)31-15-19(3)30(4,40-31)24(25(31)29(34)38)27(36)32-16-20-9-7-6-8-10-20/h6-14,18-19,23-26,35H,15-17H2,1-5H3,(H,32,36)(H,33,37)/t19?,23-,24-,25-,26?,30+,31?/m0/s1. The molecule has 0 saturated carbocycles. The summed E-state index contributed by atoms with van der Waals surface area (Å²) in [7, 11) is 1.57. The van der Waals surface area contributed by atoms with Gasteiger partial charge in [0.25, 0.3) is 0 Å². The highest BCUT2D eigenvalue weighted by Crippen LogP contribution is 2.65. The molecule has 214 valence electrons. The Morgan fingerprint density at radius 3 is 2.40 bits per heavy atom. The average molecular weight is 550 g/mol. The van der Waals surface area contributed by atoms with Gasteiger partial charge in [0.1, 0.15) is 17.4 Å². The smallest absolute Gasteiger partial charge is 0.250 e. The van der Waals surface area contributed by atoms with Crippen molar-refractivity contribution in [3.05, 3.63) is 60.2 Å². The van der Waals surface area contributed by atoms with Crippen molar-refractivity contribution >= 4 is 23.4 Å². The molecule has 3 saturated heterocycles. The van der Waals surface area contributed by atoms with Gasteiger partial charge in [-0.2, -0.15) is 0 Å². The van der Waals surface area contributed by atoms with Gasteiger partial charge >= 0.3 is 0 Å². The lowest BCUT2D eigenvalue weighted by Gasteiger charge is -2.38. The number of benzene rings is 2. The third-order valence-corrected chi connectivity index (χ3v) is 9.26. The van der Waals surface area contributed by atoms with E-state index in [1.54, 1.807) is 31.4 Å². The number of carbonyl (C=O) groups is 3. The first-order chi connectivity index (χ1) is 19.1. The van der Waals surface area contributed by atoms with Crippen LogP contribution in [0, 0.1) is 23.7 Å². The van der Waals surface area contributed by atoms with Crippen molar-refractivity contribution in [2.24, 2.45) is 23.7 Å². The molecule has 2 bridgehead atoms. The Labute approximate surface area is 235 Å². The number of methoxy groups -OCH3 is 1. The highest BCUT2D eigenvalue weighted by Gasteiger charge is 2.80. The van der Waals surface area contributed by atoms with Crippen molar-refractivity contribution in [3.8, 4) is 5.75 Å². The van der Waals surface area contributed by atoms with E-state index in [2.05, 4.69) is 10.6 Å². The van der Waals surface area contributed by atoms with Crippen LogP contribution in [-0.2, 0) is 25.7 Å². The molecule has 3 amide bonds. The number of anilines is 1. The van der Waals surface area contributed by atoms with Crippen LogP contribution in [0.4, 0.5) is 5.69 Å². The second kappa shape index (κ2) is 10.5. The number of nitrogens with one attached hydrogen (secondary N) is 2. The molecule has 0 aromatic heterocycles. The Balaban J connectivity index is 1.52. The number of ether oxygens (including phenoxy) is 2. The van der Waals surface area contributed by atoms with E-state index in [9.17, 15) is 19.5 Å². The van der Waals surface area contributed by atoms with E-state index in [1.165, 1.54) is 4.90 Å². The van der Waals surface area contributed by atoms with Gasteiger partial charge in [0.15, 0.2) is 0 Å². The predicted octanol–water partition coefficient (Wildman–Crippen LogP) is 2.98. The van der Waals surface area contributed by atoms with Crippen LogP contribution in [0.1, 0.15) is 39.7 Å². The molecule has 3 heterocycles. The van der Waals surface area contributed by atoms with Gasteiger partial charge in [0.2, 0.25) is 17.7 Å². The zero-order valence-electron chi connectivity index (χ0n) is 23.7. The largest absolute Gasteiger partial charge is 0.497 e. The summed E-state index contributed by atoms with van der Waals surface area (Å²) in [6, 6.07) is 14.9. The van der Waals surface area contributed by atoms with Crippen LogP contribution in [0.3, 0.4) is 0 Å². The number of nitrogens with zero attached hydrogens (tertiary/aromatic N) is 1. The first kappa shape index (κ1) is 28.1. The van der Waals surface area contributed by atoms with Crippen LogP contribution in [0.25, 0.3) is 0 Å². The number of fused-ring (bicyclic) bond motifs is 1. The summed E-state index contributed by atoms with van der Waals surface area (Å²) in [6.07, 6.45) is 0.454. The van der Waals surface area contributed by atoms with Gasteiger partial charge in [-0.3, -0.25) is 14.4 Å². The zero-order valence-corrected chi connectivity index (χ0v) is 23.7. The fourth-order valence-corrected chi connectivity index (χ4v) is 7.13. The molecule has 3 unspecified atom stereocenters. The number of amides is 3. The number of carbonyl (C=O) groups excluding carboxylic acids is 3. The zero-order chi connectivity index (χ0) is 28.8. The molecule has 40 heavy (non-hydrogen) atoms. The Hall–Kier alpha value is -3.43. The number of hydrogen-bond donors (Lipinski definition) is 3. The SMILES string of the molecule is COc1ccc(NC(=O)C2N([C@@H](CO)C(C)C)C(=O)[C@@H]3[C@@H](C(=O)NCc4ccccc4)[C@]4(C)OC23CC4C)cc1.